The molecule has 1 nitrogen and oxygen atoms in total. The van der Waals surface area contributed by atoms with E-state index in [0.717, 1.165) is 12.8 Å². The fraction of sp³-hybridized carbons (Fsp3) is 0.889. The third-order valence-electron chi connectivity index (χ3n) is 1.98. The number of hydrogen-bond donors (Lipinski definition) is 0. The molecule has 0 aromatic carbocycles. The van der Waals surface area contributed by atoms with Crippen LogP contribution in [0.5, 0.6) is 0 Å². The second kappa shape index (κ2) is 4.33. The lowest BCUT2D eigenvalue weighted by Crippen LogP contribution is -2.05. The van der Waals surface area contributed by atoms with E-state index >= 15 is 0 Å². The largest absolute Gasteiger partial charge is 0.198 e. The van der Waals surface area contributed by atoms with E-state index in [1.54, 1.807) is 0 Å². The molecule has 1 heteroatoms. The molecule has 0 unspecified atom stereocenters. The molecule has 0 saturated heterocycles. The molecule has 0 radical (unpaired) electrons. The van der Waals surface area contributed by atoms with Gasteiger partial charge < -0.3 is 0 Å². The molecule has 0 aliphatic heterocycles. The lowest BCUT2D eigenvalue weighted by atomic mass is 9.91. The summed E-state index contributed by atoms with van der Waals surface area (Å²) >= 11 is 0. The number of nitrogens with zero attached hydrogens (tertiary/aromatic N) is 1. The first-order valence-corrected chi connectivity index (χ1v) is 4.18. The van der Waals surface area contributed by atoms with Crippen molar-refractivity contribution >= 4 is 0 Å². The van der Waals surface area contributed by atoms with Gasteiger partial charge in [0.1, 0.15) is 0 Å². The van der Waals surface area contributed by atoms with Gasteiger partial charge in [0.2, 0.25) is 0 Å². The van der Waals surface area contributed by atoms with Gasteiger partial charge in [-0.1, -0.05) is 26.7 Å². The first kappa shape index (κ1) is 9.49. The smallest absolute Gasteiger partial charge is 0.0686 e. The maximum atomic E-state index is 8.58. The Balaban J connectivity index is 0.000000371. The summed E-state index contributed by atoms with van der Waals surface area (Å²) in [6, 6.07) is 2.34. The summed E-state index contributed by atoms with van der Waals surface area (Å²) < 4.78 is 0. The van der Waals surface area contributed by atoms with Crippen molar-refractivity contribution in [1.29, 1.82) is 5.26 Å². The Morgan fingerprint density at radius 3 is 1.80 bits per heavy atom. The van der Waals surface area contributed by atoms with Gasteiger partial charge >= 0.3 is 0 Å². The van der Waals surface area contributed by atoms with Gasteiger partial charge in [-0.05, 0) is 19.8 Å². The molecule has 58 valence electrons. The summed E-state index contributed by atoms with van der Waals surface area (Å²) in [5.74, 6) is 0. The second-order valence-electron chi connectivity index (χ2n) is 2.88. The molecule has 1 aliphatic carbocycles. The van der Waals surface area contributed by atoms with Gasteiger partial charge in [0, 0.05) is 0 Å². The molecule has 1 aliphatic rings. The fourth-order valence-corrected chi connectivity index (χ4v) is 1.27. The Labute approximate surface area is 64.1 Å². The molecule has 0 aromatic heterocycles. The van der Waals surface area contributed by atoms with E-state index in [-0.39, 0.29) is 5.41 Å². The molecular weight excluding hydrogens is 122 g/mol. The molecule has 0 heterocycles. The van der Waals surface area contributed by atoms with Crippen molar-refractivity contribution in [2.24, 2.45) is 5.41 Å². The van der Waals surface area contributed by atoms with Gasteiger partial charge in [0.15, 0.2) is 0 Å². The van der Waals surface area contributed by atoms with Crippen LogP contribution in [-0.2, 0) is 0 Å². The predicted octanol–water partition coefficient (Wildman–Crippen LogP) is 3.12. The Morgan fingerprint density at radius 2 is 1.60 bits per heavy atom. The highest BCUT2D eigenvalue weighted by molar-refractivity contribution is 4.98. The zero-order chi connectivity index (χ0) is 8.04. The highest BCUT2D eigenvalue weighted by atomic mass is 14.4. The van der Waals surface area contributed by atoms with Crippen molar-refractivity contribution in [3.05, 3.63) is 0 Å². The summed E-state index contributed by atoms with van der Waals surface area (Å²) in [5, 5.41) is 8.58. The van der Waals surface area contributed by atoms with Crippen molar-refractivity contribution in [3.63, 3.8) is 0 Å². The van der Waals surface area contributed by atoms with Crippen LogP contribution < -0.4 is 0 Å². The third kappa shape index (κ3) is 2.39. The molecule has 10 heavy (non-hydrogen) atoms. The van der Waals surface area contributed by atoms with Gasteiger partial charge in [-0.15, -0.1) is 0 Å². The third-order valence-corrected chi connectivity index (χ3v) is 1.98. The summed E-state index contributed by atoms with van der Waals surface area (Å²) in [4.78, 5) is 0. The Hall–Kier alpha value is -0.510. The van der Waals surface area contributed by atoms with Gasteiger partial charge in [-0.3, -0.25) is 0 Å². The molecule has 0 bridgehead atoms. The van der Waals surface area contributed by atoms with Crippen LogP contribution in [0.2, 0.25) is 0 Å². The van der Waals surface area contributed by atoms with Crippen molar-refractivity contribution < 1.29 is 0 Å². The normalized spacial score (nSPS) is 20.6. The van der Waals surface area contributed by atoms with Crippen LogP contribution in [0, 0.1) is 16.7 Å². The average molecular weight is 139 g/mol. The lowest BCUT2D eigenvalue weighted by Gasteiger charge is -2.09. The minimum Gasteiger partial charge on any atom is -0.198 e. The Bertz CT molecular complexity index is 115. The van der Waals surface area contributed by atoms with E-state index in [9.17, 15) is 0 Å². The number of rotatable bonds is 0. The van der Waals surface area contributed by atoms with E-state index < -0.39 is 0 Å². The summed E-state index contributed by atoms with van der Waals surface area (Å²) in [6.07, 6.45) is 4.74. The van der Waals surface area contributed by atoms with E-state index in [2.05, 4.69) is 13.0 Å². The fourth-order valence-electron chi connectivity index (χ4n) is 1.27. The standard InChI is InChI=1S/C7H11N.C2H6/c1-7(6-8)4-2-3-5-7;1-2/h2-5H2,1H3;1-2H3. The molecule has 0 amide bonds. The average Bonchev–Trinajstić information content (AvgIpc) is 2.42. The molecule has 0 spiro atoms. The van der Waals surface area contributed by atoms with Crippen molar-refractivity contribution in [3.8, 4) is 6.07 Å². The van der Waals surface area contributed by atoms with Crippen molar-refractivity contribution in [2.75, 3.05) is 0 Å². The Morgan fingerprint density at radius 1 is 1.20 bits per heavy atom. The molecule has 0 aromatic rings. The van der Waals surface area contributed by atoms with E-state index in [4.69, 9.17) is 5.26 Å². The second-order valence-corrected chi connectivity index (χ2v) is 2.88. The van der Waals surface area contributed by atoms with Crippen molar-refractivity contribution in [2.45, 2.75) is 46.5 Å². The van der Waals surface area contributed by atoms with Crippen LogP contribution in [-0.4, -0.2) is 0 Å². The SMILES string of the molecule is CC.CC1(C#N)CCCC1. The molecule has 1 fully saturated rings. The molecule has 0 atom stereocenters. The maximum Gasteiger partial charge on any atom is 0.0686 e. The summed E-state index contributed by atoms with van der Waals surface area (Å²) in [6.45, 7) is 6.06. The number of hydrogen-bond acceptors (Lipinski definition) is 1. The van der Waals surface area contributed by atoms with Gasteiger partial charge in [-0.25, -0.2) is 0 Å². The van der Waals surface area contributed by atoms with Crippen molar-refractivity contribution in [1.82, 2.24) is 0 Å². The molecular formula is C9H17N. The van der Waals surface area contributed by atoms with Gasteiger partial charge in [0.05, 0.1) is 11.5 Å². The van der Waals surface area contributed by atoms with E-state index in [1.807, 2.05) is 13.8 Å². The van der Waals surface area contributed by atoms with Gasteiger partial charge in [0.25, 0.3) is 0 Å². The predicted molar refractivity (Wildman–Crippen MR) is 43.5 cm³/mol. The highest BCUT2D eigenvalue weighted by Gasteiger charge is 2.27. The quantitative estimate of drug-likeness (QED) is 0.506. The molecule has 0 N–H and O–H groups in total. The van der Waals surface area contributed by atoms with Crippen LogP contribution in [0.1, 0.15) is 46.5 Å². The number of nitriles is 1. The molecule has 1 rings (SSSR count). The van der Waals surface area contributed by atoms with Crippen LogP contribution >= 0.6 is 0 Å². The lowest BCUT2D eigenvalue weighted by molar-refractivity contribution is 0.462. The van der Waals surface area contributed by atoms with Gasteiger partial charge in [-0.2, -0.15) is 5.26 Å². The minimum absolute atomic E-state index is 0.0417. The van der Waals surface area contributed by atoms with E-state index in [1.165, 1.54) is 12.8 Å². The zero-order valence-electron chi connectivity index (χ0n) is 7.28. The highest BCUT2D eigenvalue weighted by Crippen LogP contribution is 2.36. The van der Waals surface area contributed by atoms with E-state index in [0.29, 0.717) is 0 Å². The van der Waals surface area contributed by atoms with Crippen LogP contribution in [0.15, 0.2) is 0 Å². The zero-order valence-corrected chi connectivity index (χ0v) is 7.28. The first-order valence-electron chi connectivity index (χ1n) is 4.18. The van der Waals surface area contributed by atoms with Crippen LogP contribution in [0.4, 0.5) is 0 Å². The summed E-state index contributed by atoms with van der Waals surface area (Å²) in [5.41, 5.74) is 0.0417. The first-order chi connectivity index (χ1) is 4.77. The summed E-state index contributed by atoms with van der Waals surface area (Å²) in [7, 11) is 0. The molecule has 1 saturated carbocycles. The minimum atomic E-state index is 0.0417. The van der Waals surface area contributed by atoms with Crippen LogP contribution in [0.25, 0.3) is 0 Å². The maximum absolute atomic E-state index is 8.58. The Kier molecular flexibility index (Phi) is 4.11. The van der Waals surface area contributed by atoms with Crippen LogP contribution in [0.3, 0.4) is 0 Å². The topological polar surface area (TPSA) is 23.8 Å². The monoisotopic (exact) mass is 139 g/mol.